The number of benzene rings is 1. The number of carbonyl (C=O) groups is 1. The molecule has 1 aliphatic rings. The highest BCUT2D eigenvalue weighted by molar-refractivity contribution is 7.10. The Morgan fingerprint density at radius 3 is 2.55 bits per heavy atom. The van der Waals surface area contributed by atoms with E-state index in [0.717, 1.165) is 41.9 Å². The first-order valence-electron chi connectivity index (χ1n) is 7.09. The zero-order valence-electron chi connectivity index (χ0n) is 12.0. The first-order chi connectivity index (χ1) is 10.7. The van der Waals surface area contributed by atoms with Gasteiger partial charge in [0.2, 0.25) is 5.91 Å². The van der Waals surface area contributed by atoms with Gasteiger partial charge in [-0.1, -0.05) is 11.6 Å². The van der Waals surface area contributed by atoms with Gasteiger partial charge in [0.1, 0.15) is 5.01 Å². The molecule has 3 rings (SSSR count). The van der Waals surface area contributed by atoms with Crippen LogP contribution in [0.5, 0.6) is 0 Å². The average Bonchev–Trinajstić information content (AvgIpc) is 3.07. The molecule has 0 spiro atoms. The molecule has 0 N–H and O–H groups in total. The molecule has 1 aromatic carbocycles. The minimum absolute atomic E-state index is 0.0472. The Bertz CT molecular complexity index is 647. The average molecular weight is 334 g/mol. The quantitative estimate of drug-likeness (QED) is 0.810. The lowest BCUT2D eigenvalue weighted by Gasteiger charge is -2.35. The summed E-state index contributed by atoms with van der Waals surface area (Å²) in [7, 11) is 0. The predicted octanol–water partition coefficient (Wildman–Crippen LogP) is 3.16. The van der Waals surface area contributed by atoms with Crippen molar-refractivity contribution < 1.29 is 4.79 Å². The first-order valence-corrected chi connectivity index (χ1v) is 8.35. The maximum atomic E-state index is 12.2. The number of halogens is 1. The maximum absolute atomic E-state index is 12.2. The number of amides is 1. The Labute approximate surface area is 138 Å². The van der Waals surface area contributed by atoms with E-state index in [4.69, 9.17) is 11.6 Å². The number of hydrogen-bond acceptors (Lipinski definition) is 4. The lowest BCUT2D eigenvalue weighted by atomic mass is 10.2. The van der Waals surface area contributed by atoms with Crippen LogP contribution in [0.2, 0.25) is 5.02 Å². The third kappa shape index (κ3) is 3.67. The van der Waals surface area contributed by atoms with E-state index in [1.54, 1.807) is 18.3 Å². The van der Waals surface area contributed by atoms with Gasteiger partial charge in [0.25, 0.3) is 0 Å². The number of piperazine rings is 1. The summed E-state index contributed by atoms with van der Waals surface area (Å²) < 4.78 is 0. The van der Waals surface area contributed by atoms with Crippen molar-refractivity contribution in [3.05, 3.63) is 51.9 Å². The summed E-state index contributed by atoms with van der Waals surface area (Å²) in [5.74, 6) is 0.0472. The lowest BCUT2D eigenvalue weighted by molar-refractivity contribution is -0.126. The van der Waals surface area contributed by atoms with Gasteiger partial charge in [-0.3, -0.25) is 4.79 Å². The molecule has 0 saturated carbocycles. The molecule has 0 atom stereocenters. The Morgan fingerprint density at radius 2 is 1.91 bits per heavy atom. The predicted molar refractivity (Wildman–Crippen MR) is 91.4 cm³/mol. The van der Waals surface area contributed by atoms with Crippen molar-refractivity contribution in [1.82, 2.24) is 9.88 Å². The number of nitrogens with zero attached hydrogens (tertiary/aromatic N) is 3. The van der Waals surface area contributed by atoms with Crippen molar-refractivity contribution >= 4 is 40.6 Å². The normalized spacial score (nSPS) is 15.5. The number of anilines is 1. The zero-order chi connectivity index (χ0) is 15.4. The lowest BCUT2D eigenvalue weighted by Crippen LogP contribution is -2.48. The minimum atomic E-state index is 0.0472. The van der Waals surface area contributed by atoms with Gasteiger partial charge in [0, 0.05) is 54.5 Å². The monoisotopic (exact) mass is 333 g/mol. The van der Waals surface area contributed by atoms with Crippen LogP contribution in [0.3, 0.4) is 0 Å². The molecule has 1 aromatic heterocycles. The van der Waals surface area contributed by atoms with Crippen LogP contribution in [0.4, 0.5) is 5.69 Å². The van der Waals surface area contributed by atoms with Crippen molar-refractivity contribution in [1.29, 1.82) is 0 Å². The second-order valence-corrected chi connectivity index (χ2v) is 6.36. The fourth-order valence-electron chi connectivity index (χ4n) is 2.40. The molecule has 22 heavy (non-hydrogen) atoms. The summed E-state index contributed by atoms with van der Waals surface area (Å²) in [4.78, 5) is 20.4. The van der Waals surface area contributed by atoms with Crippen LogP contribution in [-0.2, 0) is 4.79 Å². The second kappa shape index (κ2) is 6.94. The summed E-state index contributed by atoms with van der Waals surface area (Å²) in [6, 6.07) is 7.82. The molecule has 114 valence electrons. The van der Waals surface area contributed by atoms with Crippen molar-refractivity contribution in [2.75, 3.05) is 31.1 Å². The van der Waals surface area contributed by atoms with Crippen molar-refractivity contribution in [2.45, 2.75) is 0 Å². The molecule has 0 aliphatic carbocycles. The van der Waals surface area contributed by atoms with Crippen LogP contribution < -0.4 is 4.90 Å². The number of thiazole rings is 1. The molecular formula is C16H16ClN3OS. The van der Waals surface area contributed by atoms with Crippen molar-refractivity contribution in [2.24, 2.45) is 0 Å². The van der Waals surface area contributed by atoms with E-state index >= 15 is 0 Å². The fraction of sp³-hybridized carbons (Fsp3) is 0.250. The summed E-state index contributed by atoms with van der Waals surface area (Å²) in [5.41, 5.74) is 1.15. The molecule has 6 heteroatoms. The van der Waals surface area contributed by atoms with Gasteiger partial charge < -0.3 is 9.80 Å². The number of carbonyl (C=O) groups excluding carboxylic acids is 1. The van der Waals surface area contributed by atoms with Crippen LogP contribution in [0.25, 0.3) is 6.08 Å². The molecule has 4 nitrogen and oxygen atoms in total. The SMILES string of the molecule is O=C(/C=C/c1nccs1)N1CCN(c2ccc(Cl)cc2)CC1. The molecule has 0 unspecified atom stereocenters. The van der Waals surface area contributed by atoms with Gasteiger partial charge in [-0.2, -0.15) is 0 Å². The van der Waals surface area contributed by atoms with Crippen LogP contribution in [0.1, 0.15) is 5.01 Å². The molecule has 0 radical (unpaired) electrons. The van der Waals surface area contributed by atoms with E-state index in [1.165, 1.54) is 11.3 Å². The Balaban J connectivity index is 1.55. The van der Waals surface area contributed by atoms with E-state index in [1.807, 2.05) is 34.5 Å². The highest BCUT2D eigenvalue weighted by Gasteiger charge is 2.19. The van der Waals surface area contributed by atoms with E-state index in [2.05, 4.69) is 9.88 Å². The second-order valence-electron chi connectivity index (χ2n) is 4.99. The zero-order valence-corrected chi connectivity index (χ0v) is 13.6. The molecule has 1 saturated heterocycles. The summed E-state index contributed by atoms with van der Waals surface area (Å²) in [6.45, 7) is 3.12. The largest absolute Gasteiger partial charge is 0.368 e. The summed E-state index contributed by atoms with van der Waals surface area (Å²) in [5, 5.41) is 3.49. The highest BCUT2D eigenvalue weighted by Crippen LogP contribution is 2.19. The van der Waals surface area contributed by atoms with Crippen molar-refractivity contribution in [3.8, 4) is 0 Å². The molecule has 2 heterocycles. The van der Waals surface area contributed by atoms with Gasteiger partial charge >= 0.3 is 0 Å². The van der Waals surface area contributed by atoms with Gasteiger partial charge in [-0.25, -0.2) is 4.98 Å². The van der Waals surface area contributed by atoms with E-state index < -0.39 is 0 Å². The number of rotatable bonds is 3. The fourth-order valence-corrected chi connectivity index (χ4v) is 3.06. The summed E-state index contributed by atoms with van der Waals surface area (Å²) in [6.07, 6.45) is 5.12. The molecule has 0 bridgehead atoms. The standard InChI is InChI=1S/C16H16ClN3OS/c17-13-1-3-14(4-2-13)19-8-10-20(11-9-19)16(21)6-5-15-18-7-12-22-15/h1-7,12H,8-11H2/b6-5+. The van der Waals surface area contributed by atoms with Gasteiger partial charge in [-0.15, -0.1) is 11.3 Å². The molecule has 1 fully saturated rings. The Kier molecular flexibility index (Phi) is 4.75. The third-order valence-electron chi connectivity index (χ3n) is 3.60. The Hall–Kier alpha value is -1.85. The minimum Gasteiger partial charge on any atom is -0.368 e. The van der Waals surface area contributed by atoms with Gasteiger partial charge in [0.05, 0.1) is 0 Å². The van der Waals surface area contributed by atoms with Crippen LogP contribution >= 0.6 is 22.9 Å². The smallest absolute Gasteiger partial charge is 0.246 e. The summed E-state index contributed by atoms with van der Waals surface area (Å²) >= 11 is 7.43. The van der Waals surface area contributed by atoms with E-state index in [-0.39, 0.29) is 5.91 Å². The maximum Gasteiger partial charge on any atom is 0.246 e. The topological polar surface area (TPSA) is 36.4 Å². The number of hydrogen-bond donors (Lipinski definition) is 0. The van der Waals surface area contributed by atoms with Gasteiger partial charge in [0.15, 0.2) is 0 Å². The molecule has 1 aliphatic heterocycles. The van der Waals surface area contributed by atoms with E-state index in [9.17, 15) is 4.79 Å². The molecule has 2 aromatic rings. The first kappa shape index (κ1) is 15.1. The Morgan fingerprint density at radius 1 is 1.18 bits per heavy atom. The molecule has 1 amide bonds. The van der Waals surface area contributed by atoms with Crippen molar-refractivity contribution in [3.63, 3.8) is 0 Å². The van der Waals surface area contributed by atoms with E-state index in [0.29, 0.717) is 0 Å². The van der Waals surface area contributed by atoms with Crippen LogP contribution in [0, 0.1) is 0 Å². The third-order valence-corrected chi connectivity index (χ3v) is 4.60. The van der Waals surface area contributed by atoms with Crippen LogP contribution in [0.15, 0.2) is 41.9 Å². The van der Waals surface area contributed by atoms with Crippen LogP contribution in [-0.4, -0.2) is 42.0 Å². The van der Waals surface area contributed by atoms with Gasteiger partial charge in [-0.05, 0) is 30.3 Å². The molecular weight excluding hydrogens is 318 g/mol. The number of aromatic nitrogens is 1. The highest BCUT2D eigenvalue weighted by atomic mass is 35.5.